The molecule has 9 heteroatoms. The highest BCUT2D eigenvalue weighted by Crippen LogP contribution is 2.20. The number of hydrogen-bond donors (Lipinski definition) is 1. The average molecular weight is 529 g/mol. The lowest BCUT2D eigenvalue weighted by Gasteiger charge is -2.34. The van der Waals surface area contributed by atoms with E-state index in [1.807, 2.05) is 18.2 Å². The molecule has 1 heterocycles. The monoisotopic (exact) mass is 529 g/mol. The fourth-order valence-electron chi connectivity index (χ4n) is 3.16. The quantitative estimate of drug-likeness (QED) is 0.556. The van der Waals surface area contributed by atoms with Crippen molar-refractivity contribution in [3.63, 3.8) is 0 Å². The maximum absolute atomic E-state index is 12.8. The summed E-state index contributed by atoms with van der Waals surface area (Å²) >= 11 is 2.15. The minimum Gasteiger partial charge on any atom is -0.497 e. The lowest BCUT2D eigenvalue weighted by Crippen LogP contribution is -2.50. The lowest BCUT2D eigenvalue weighted by molar-refractivity contribution is 0.0944. The van der Waals surface area contributed by atoms with E-state index in [-0.39, 0.29) is 10.8 Å². The smallest absolute Gasteiger partial charge is 0.252 e. The molecule has 0 radical (unpaired) electrons. The van der Waals surface area contributed by atoms with Gasteiger partial charge in [0.1, 0.15) is 5.75 Å². The molecule has 29 heavy (non-hydrogen) atoms. The third-order valence-electron chi connectivity index (χ3n) is 4.86. The summed E-state index contributed by atoms with van der Waals surface area (Å²) in [4.78, 5) is 14.7. The highest BCUT2D eigenvalue weighted by Gasteiger charge is 2.28. The van der Waals surface area contributed by atoms with Crippen LogP contribution in [0.1, 0.15) is 10.4 Å². The van der Waals surface area contributed by atoms with Crippen LogP contribution in [0.4, 0.5) is 0 Å². The highest BCUT2D eigenvalue weighted by atomic mass is 127. The number of benzene rings is 2. The van der Waals surface area contributed by atoms with Gasteiger partial charge in [-0.2, -0.15) is 4.31 Å². The Morgan fingerprint density at radius 1 is 1.07 bits per heavy atom. The summed E-state index contributed by atoms with van der Waals surface area (Å²) in [6, 6.07) is 13.9. The first-order chi connectivity index (χ1) is 13.9. The minimum absolute atomic E-state index is 0.0873. The molecule has 0 aliphatic carbocycles. The summed E-state index contributed by atoms with van der Waals surface area (Å²) in [7, 11) is -1.96. The molecule has 0 bridgehead atoms. The van der Waals surface area contributed by atoms with E-state index in [0.29, 0.717) is 50.6 Å². The van der Waals surface area contributed by atoms with Crippen LogP contribution in [0, 0.1) is 3.57 Å². The molecule has 2 aromatic carbocycles. The van der Waals surface area contributed by atoms with Gasteiger partial charge in [0.25, 0.3) is 5.91 Å². The van der Waals surface area contributed by atoms with Gasteiger partial charge in [-0.1, -0.05) is 12.1 Å². The van der Waals surface area contributed by atoms with Crippen LogP contribution in [-0.2, 0) is 10.0 Å². The first-order valence-electron chi connectivity index (χ1n) is 9.31. The van der Waals surface area contributed by atoms with E-state index < -0.39 is 10.0 Å². The SMILES string of the molecule is COc1ccc(S(=O)(=O)N2CCN(CCNC(=O)c3ccccc3I)CC2)cc1. The summed E-state index contributed by atoms with van der Waals surface area (Å²) in [6.45, 7) is 3.33. The maximum Gasteiger partial charge on any atom is 0.252 e. The Morgan fingerprint density at radius 3 is 2.34 bits per heavy atom. The van der Waals surface area contributed by atoms with E-state index in [9.17, 15) is 13.2 Å². The number of carbonyl (C=O) groups is 1. The van der Waals surface area contributed by atoms with Crippen molar-refractivity contribution in [2.75, 3.05) is 46.4 Å². The van der Waals surface area contributed by atoms with Crippen LogP contribution >= 0.6 is 22.6 Å². The van der Waals surface area contributed by atoms with Crippen LogP contribution in [-0.4, -0.2) is 69.9 Å². The predicted molar refractivity (Wildman–Crippen MR) is 120 cm³/mol. The van der Waals surface area contributed by atoms with E-state index in [2.05, 4.69) is 32.8 Å². The minimum atomic E-state index is -3.50. The lowest BCUT2D eigenvalue weighted by atomic mass is 10.2. The molecule has 0 atom stereocenters. The number of sulfonamides is 1. The van der Waals surface area contributed by atoms with E-state index in [0.717, 1.165) is 3.57 Å². The Balaban J connectivity index is 1.47. The summed E-state index contributed by atoms with van der Waals surface area (Å²) in [6.07, 6.45) is 0. The molecule has 1 amide bonds. The van der Waals surface area contributed by atoms with Gasteiger partial charge in [0.05, 0.1) is 17.6 Å². The van der Waals surface area contributed by atoms with Crippen molar-refractivity contribution in [2.24, 2.45) is 0 Å². The third kappa shape index (κ3) is 5.47. The molecule has 2 aromatic rings. The van der Waals surface area contributed by atoms with E-state index in [4.69, 9.17) is 4.74 Å². The van der Waals surface area contributed by atoms with Gasteiger partial charge < -0.3 is 10.1 Å². The second-order valence-corrected chi connectivity index (χ2v) is 9.76. The molecule has 0 spiro atoms. The van der Waals surface area contributed by atoms with Crippen molar-refractivity contribution in [3.05, 3.63) is 57.7 Å². The molecule has 156 valence electrons. The van der Waals surface area contributed by atoms with Gasteiger partial charge in [-0.25, -0.2) is 8.42 Å². The van der Waals surface area contributed by atoms with Gasteiger partial charge in [0, 0.05) is 42.8 Å². The fourth-order valence-corrected chi connectivity index (χ4v) is 5.21. The molecule has 1 fully saturated rings. The van der Waals surface area contributed by atoms with Crippen LogP contribution in [0.2, 0.25) is 0 Å². The van der Waals surface area contributed by atoms with E-state index in [1.165, 1.54) is 4.31 Å². The van der Waals surface area contributed by atoms with Crippen LogP contribution in [0.15, 0.2) is 53.4 Å². The molecular formula is C20H24IN3O4S. The number of piperazine rings is 1. The van der Waals surface area contributed by atoms with Crippen molar-refractivity contribution in [1.29, 1.82) is 0 Å². The number of carbonyl (C=O) groups excluding carboxylic acids is 1. The first-order valence-corrected chi connectivity index (χ1v) is 11.8. The Bertz CT molecular complexity index is 942. The van der Waals surface area contributed by atoms with Gasteiger partial charge in [-0.05, 0) is 59.0 Å². The topological polar surface area (TPSA) is 79.0 Å². The number of nitrogens with zero attached hydrogens (tertiary/aromatic N) is 2. The van der Waals surface area contributed by atoms with Crippen molar-refractivity contribution in [2.45, 2.75) is 4.90 Å². The van der Waals surface area contributed by atoms with Gasteiger partial charge in [-0.15, -0.1) is 0 Å². The largest absolute Gasteiger partial charge is 0.497 e. The second-order valence-electron chi connectivity index (χ2n) is 6.66. The normalized spacial score (nSPS) is 15.8. The highest BCUT2D eigenvalue weighted by molar-refractivity contribution is 14.1. The zero-order valence-electron chi connectivity index (χ0n) is 16.2. The average Bonchev–Trinajstić information content (AvgIpc) is 2.74. The zero-order valence-corrected chi connectivity index (χ0v) is 19.1. The Hall–Kier alpha value is -1.69. The number of amides is 1. The van der Waals surface area contributed by atoms with Crippen molar-refractivity contribution < 1.29 is 17.9 Å². The molecule has 0 aromatic heterocycles. The van der Waals surface area contributed by atoms with E-state index >= 15 is 0 Å². The number of hydrogen-bond acceptors (Lipinski definition) is 5. The van der Waals surface area contributed by atoms with Crippen LogP contribution < -0.4 is 10.1 Å². The molecule has 0 unspecified atom stereocenters. The van der Waals surface area contributed by atoms with E-state index in [1.54, 1.807) is 37.4 Å². The Morgan fingerprint density at radius 2 is 1.72 bits per heavy atom. The second kappa shape index (κ2) is 9.88. The van der Waals surface area contributed by atoms with Crippen LogP contribution in [0.25, 0.3) is 0 Å². The molecular weight excluding hydrogens is 505 g/mol. The first kappa shape index (κ1) is 22.0. The molecule has 1 saturated heterocycles. The maximum atomic E-state index is 12.8. The van der Waals surface area contributed by atoms with Crippen LogP contribution in [0.5, 0.6) is 5.75 Å². The summed E-state index contributed by atoms with van der Waals surface area (Å²) in [5, 5.41) is 2.94. The number of ether oxygens (including phenoxy) is 1. The molecule has 7 nitrogen and oxygen atoms in total. The molecule has 1 aliphatic rings. The van der Waals surface area contributed by atoms with Gasteiger partial charge >= 0.3 is 0 Å². The Labute approximate surface area is 185 Å². The summed E-state index contributed by atoms with van der Waals surface area (Å²) in [5.74, 6) is 0.539. The standard InChI is InChI=1S/C20H24IN3O4S/c1-28-16-6-8-17(9-7-16)29(26,27)24-14-12-23(13-15-24)11-10-22-20(25)18-4-2-3-5-19(18)21/h2-9H,10-15H2,1H3,(H,22,25). The van der Waals surface area contributed by atoms with Gasteiger partial charge in [0.15, 0.2) is 0 Å². The molecule has 3 rings (SSSR count). The number of nitrogens with one attached hydrogen (secondary N) is 1. The van der Waals surface area contributed by atoms with Crippen LogP contribution in [0.3, 0.4) is 0 Å². The number of halogens is 1. The van der Waals surface area contributed by atoms with Crippen molar-refractivity contribution >= 4 is 38.5 Å². The zero-order chi connectivity index (χ0) is 20.9. The van der Waals surface area contributed by atoms with Gasteiger partial charge in [0.2, 0.25) is 10.0 Å². The summed E-state index contributed by atoms with van der Waals surface area (Å²) in [5.41, 5.74) is 0.670. The van der Waals surface area contributed by atoms with Gasteiger partial charge in [-0.3, -0.25) is 9.69 Å². The molecule has 1 N–H and O–H groups in total. The summed E-state index contributed by atoms with van der Waals surface area (Å²) < 4.78 is 33.1. The predicted octanol–water partition coefficient (Wildman–Crippen LogP) is 2.04. The third-order valence-corrected chi connectivity index (χ3v) is 7.71. The number of rotatable bonds is 7. The molecule has 0 saturated carbocycles. The number of methoxy groups -OCH3 is 1. The molecule has 1 aliphatic heterocycles. The Kier molecular flexibility index (Phi) is 7.49. The van der Waals surface area contributed by atoms with Crippen molar-refractivity contribution in [1.82, 2.24) is 14.5 Å². The fraction of sp³-hybridized carbons (Fsp3) is 0.350. The van der Waals surface area contributed by atoms with Crippen molar-refractivity contribution in [3.8, 4) is 5.75 Å².